The number of fused-ring (bicyclic) bond motifs is 2. The molecule has 0 atom stereocenters. The van der Waals surface area contributed by atoms with Crippen molar-refractivity contribution in [2.45, 2.75) is 6.42 Å². The van der Waals surface area contributed by atoms with Crippen molar-refractivity contribution in [3.63, 3.8) is 0 Å². The Labute approximate surface area is 136 Å². The predicted molar refractivity (Wildman–Crippen MR) is 89.3 cm³/mol. The highest BCUT2D eigenvalue weighted by molar-refractivity contribution is 6.30. The maximum absolute atomic E-state index is 12.8. The van der Waals surface area contributed by atoms with Gasteiger partial charge in [-0.25, -0.2) is 4.79 Å². The second kappa shape index (κ2) is 5.25. The average molecular weight is 326 g/mol. The maximum atomic E-state index is 12.8. The van der Waals surface area contributed by atoms with Crippen LogP contribution in [0.5, 0.6) is 0 Å². The van der Waals surface area contributed by atoms with E-state index >= 15 is 0 Å². The lowest BCUT2D eigenvalue weighted by Crippen LogP contribution is -2.32. The number of para-hydroxylation sites is 1. The van der Waals surface area contributed by atoms with Gasteiger partial charge in [0.25, 0.3) is 5.91 Å². The molecule has 23 heavy (non-hydrogen) atoms. The summed E-state index contributed by atoms with van der Waals surface area (Å²) >= 11 is 5.99. The fourth-order valence-corrected chi connectivity index (χ4v) is 3.13. The summed E-state index contributed by atoms with van der Waals surface area (Å²) in [7, 11) is 0. The molecule has 114 valence electrons. The summed E-state index contributed by atoms with van der Waals surface area (Å²) in [6.45, 7) is 0.529. The lowest BCUT2D eigenvalue weighted by atomic mass is 10.1. The van der Waals surface area contributed by atoms with Gasteiger partial charge in [-0.05, 0) is 42.3 Å². The first-order chi connectivity index (χ1) is 11.1. The van der Waals surface area contributed by atoms with E-state index in [0.29, 0.717) is 17.2 Å². The van der Waals surface area contributed by atoms with Crippen molar-refractivity contribution >= 4 is 34.2 Å². The Morgan fingerprint density at radius 2 is 1.96 bits per heavy atom. The number of amides is 1. The zero-order valence-corrected chi connectivity index (χ0v) is 12.8. The van der Waals surface area contributed by atoms with Gasteiger partial charge in [0, 0.05) is 22.6 Å². The van der Waals surface area contributed by atoms with Crippen molar-refractivity contribution in [3.05, 3.63) is 75.1 Å². The molecular formula is C18H12ClNO3. The first kappa shape index (κ1) is 14.0. The van der Waals surface area contributed by atoms with E-state index < -0.39 is 5.63 Å². The molecule has 2 heterocycles. The molecule has 0 N–H and O–H groups in total. The van der Waals surface area contributed by atoms with Gasteiger partial charge < -0.3 is 9.32 Å². The van der Waals surface area contributed by atoms with Crippen LogP contribution in [0.4, 0.5) is 5.69 Å². The highest BCUT2D eigenvalue weighted by Gasteiger charge is 2.28. The molecule has 0 radical (unpaired) electrons. The number of benzene rings is 2. The summed E-state index contributed by atoms with van der Waals surface area (Å²) in [5, 5.41) is 1.37. The summed E-state index contributed by atoms with van der Waals surface area (Å²) in [6.07, 6.45) is 0.723. The number of halogens is 1. The summed E-state index contributed by atoms with van der Waals surface area (Å²) in [5.74, 6) is -0.342. The number of nitrogens with zero attached hydrogens (tertiary/aromatic N) is 1. The Bertz CT molecular complexity index is 993. The van der Waals surface area contributed by atoms with E-state index in [1.54, 1.807) is 29.2 Å². The molecule has 0 spiro atoms. The molecule has 4 nitrogen and oxygen atoms in total. The molecule has 2 aromatic carbocycles. The van der Waals surface area contributed by atoms with Crippen LogP contribution in [0, 0.1) is 0 Å². The van der Waals surface area contributed by atoms with Gasteiger partial charge in [-0.2, -0.15) is 0 Å². The minimum Gasteiger partial charge on any atom is -0.422 e. The quantitative estimate of drug-likeness (QED) is 0.642. The number of rotatable bonds is 1. The summed E-state index contributed by atoms with van der Waals surface area (Å²) < 4.78 is 5.26. The highest BCUT2D eigenvalue weighted by Crippen LogP contribution is 2.31. The second-order valence-corrected chi connectivity index (χ2v) is 5.90. The summed E-state index contributed by atoms with van der Waals surface area (Å²) in [5.41, 5.74) is 1.72. The topological polar surface area (TPSA) is 50.5 Å². The molecule has 0 saturated heterocycles. The van der Waals surface area contributed by atoms with Crippen LogP contribution in [-0.4, -0.2) is 12.5 Å². The molecule has 5 heteroatoms. The lowest BCUT2D eigenvalue weighted by Gasteiger charge is -2.16. The molecule has 4 rings (SSSR count). The van der Waals surface area contributed by atoms with E-state index in [4.69, 9.17) is 16.0 Å². The monoisotopic (exact) mass is 325 g/mol. The van der Waals surface area contributed by atoms with E-state index in [0.717, 1.165) is 23.1 Å². The molecule has 1 aromatic heterocycles. The molecule has 3 aromatic rings. The van der Waals surface area contributed by atoms with Crippen LogP contribution >= 0.6 is 11.6 Å². The Morgan fingerprint density at radius 3 is 2.83 bits per heavy atom. The van der Waals surface area contributed by atoms with Crippen LogP contribution in [0.1, 0.15) is 15.9 Å². The highest BCUT2D eigenvalue weighted by atomic mass is 35.5. The molecule has 1 aliphatic heterocycles. The summed E-state index contributed by atoms with van der Waals surface area (Å²) in [6, 6.07) is 14.1. The van der Waals surface area contributed by atoms with Crippen LogP contribution in [-0.2, 0) is 6.42 Å². The number of carbonyl (C=O) groups excluding carboxylic acids is 1. The first-order valence-electron chi connectivity index (χ1n) is 7.27. The van der Waals surface area contributed by atoms with Crippen LogP contribution in [0.3, 0.4) is 0 Å². The van der Waals surface area contributed by atoms with Crippen LogP contribution in [0.15, 0.2) is 57.7 Å². The van der Waals surface area contributed by atoms with Gasteiger partial charge in [-0.3, -0.25) is 4.79 Å². The summed E-state index contributed by atoms with van der Waals surface area (Å²) in [4.78, 5) is 26.6. The van der Waals surface area contributed by atoms with Gasteiger partial charge in [0.05, 0.1) is 0 Å². The molecule has 1 aliphatic rings. The van der Waals surface area contributed by atoms with E-state index in [2.05, 4.69) is 0 Å². The number of hydrogen-bond acceptors (Lipinski definition) is 3. The minimum atomic E-state index is -0.615. The standard InChI is InChI=1S/C18H12ClNO3/c19-13-5-6-15-11(9-13)7-8-20(15)17(21)14-10-12-3-1-2-4-16(12)23-18(14)22/h1-6,9-10H,7-8H2. The van der Waals surface area contributed by atoms with Crippen molar-refractivity contribution < 1.29 is 9.21 Å². The van der Waals surface area contributed by atoms with Gasteiger partial charge in [-0.15, -0.1) is 0 Å². The van der Waals surface area contributed by atoms with Crippen molar-refractivity contribution in [2.75, 3.05) is 11.4 Å². The number of hydrogen-bond donors (Lipinski definition) is 0. The molecule has 0 unspecified atom stereocenters. The Kier molecular flexibility index (Phi) is 3.20. The zero-order valence-electron chi connectivity index (χ0n) is 12.1. The predicted octanol–water partition coefficient (Wildman–Crippen LogP) is 3.65. The Balaban J connectivity index is 1.79. The third-order valence-electron chi connectivity index (χ3n) is 4.05. The molecule has 0 saturated carbocycles. The number of anilines is 1. The molecule has 0 bridgehead atoms. The van der Waals surface area contributed by atoms with Gasteiger partial charge in [-0.1, -0.05) is 29.8 Å². The van der Waals surface area contributed by atoms with Crippen LogP contribution in [0.25, 0.3) is 11.0 Å². The van der Waals surface area contributed by atoms with Crippen molar-refractivity contribution in [3.8, 4) is 0 Å². The first-order valence-corrected chi connectivity index (χ1v) is 7.64. The Morgan fingerprint density at radius 1 is 1.13 bits per heavy atom. The van der Waals surface area contributed by atoms with E-state index in [9.17, 15) is 9.59 Å². The third kappa shape index (κ3) is 2.32. The average Bonchev–Trinajstić information content (AvgIpc) is 2.96. The lowest BCUT2D eigenvalue weighted by molar-refractivity contribution is 0.0986. The SMILES string of the molecule is O=C(c1cc2ccccc2oc1=O)N1CCc2cc(Cl)ccc21. The third-order valence-corrected chi connectivity index (χ3v) is 4.29. The fourth-order valence-electron chi connectivity index (χ4n) is 2.94. The van der Waals surface area contributed by atoms with E-state index in [1.165, 1.54) is 0 Å². The molecule has 1 amide bonds. The van der Waals surface area contributed by atoms with Crippen LogP contribution < -0.4 is 10.5 Å². The van der Waals surface area contributed by atoms with Gasteiger partial charge in [0.15, 0.2) is 0 Å². The number of carbonyl (C=O) groups is 1. The second-order valence-electron chi connectivity index (χ2n) is 5.47. The van der Waals surface area contributed by atoms with Crippen molar-refractivity contribution in [1.82, 2.24) is 0 Å². The van der Waals surface area contributed by atoms with Crippen molar-refractivity contribution in [2.24, 2.45) is 0 Å². The maximum Gasteiger partial charge on any atom is 0.349 e. The van der Waals surface area contributed by atoms with Gasteiger partial charge >= 0.3 is 5.63 Å². The molecule has 0 fully saturated rings. The smallest absolute Gasteiger partial charge is 0.349 e. The van der Waals surface area contributed by atoms with E-state index in [-0.39, 0.29) is 11.5 Å². The van der Waals surface area contributed by atoms with E-state index in [1.807, 2.05) is 24.3 Å². The molecule has 0 aliphatic carbocycles. The molecular weight excluding hydrogens is 314 g/mol. The van der Waals surface area contributed by atoms with Crippen LogP contribution in [0.2, 0.25) is 5.02 Å². The fraction of sp³-hybridized carbons (Fsp3) is 0.111. The Hall–Kier alpha value is -2.59. The normalized spacial score (nSPS) is 13.3. The largest absolute Gasteiger partial charge is 0.422 e. The van der Waals surface area contributed by atoms with Crippen molar-refractivity contribution in [1.29, 1.82) is 0 Å². The van der Waals surface area contributed by atoms with Gasteiger partial charge in [0.2, 0.25) is 0 Å². The van der Waals surface area contributed by atoms with Gasteiger partial charge in [0.1, 0.15) is 11.1 Å². The minimum absolute atomic E-state index is 0.0477. The zero-order chi connectivity index (χ0) is 16.0.